The van der Waals surface area contributed by atoms with Gasteiger partial charge < -0.3 is 15.4 Å². The summed E-state index contributed by atoms with van der Waals surface area (Å²) in [5.74, 6) is 0.634. The minimum absolute atomic E-state index is 0.591. The summed E-state index contributed by atoms with van der Waals surface area (Å²) >= 11 is 1.67. The SMILES string of the molecule is CCC(O)Nc1cncc(-c2cc3c(-c4nc5c(-c6cccs6)ccnc5[nH]4)n[nH]c3cn2)c1. The number of H-pyrrole nitrogens is 2. The molecule has 0 bridgehead atoms. The predicted octanol–water partition coefficient (Wildman–Crippen LogP) is 4.83. The van der Waals surface area contributed by atoms with Gasteiger partial charge in [-0.05, 0) is 36.1 Å². The molecule has 6 aromatic rings. The smallest absolute Gasteiger partial charge is 0.160 e. The molecule has 6 aromatic heterocycles. The van der Waals surface area contributed by atoms with Crippen LogP contribution in [0.2, 0.25) is 0 Å². The Balaban J connectivity index is 1.43. The van der Waals surface area contributed by atoms with Gasteiger partial charge in [0.15, 0.2) is 11.5 Å². The van der Waals surface area contributed by atoms with E-state index in [1.54, 1.807) is 36.1 Å². The van der Waals surface area contributed by atoms with Gasteiger partial charge in [0.25, 0.3) is 0 Å². The number of nitrogens with one attached hydrogen (secondary N) is 3. The second kappa shape index (κ2) is 8.32. The molecular formula is C24H20N8OS. The molecule has 1 atom stereocenters. The van der Waals surface area contributed by atoms with E-state index < -0.39 is 6.23 Å². The molecule has 1 unspecified atom stereocenters. The lowest BCUT2D eigenvalue weighted by Gasteiger charge is -2.12. The summed E-state index contributed by atoms with van der Waals surface area (Å²) in [4.78, 5) is 22.6. The number of aromatic amines is 2. The van der Waals surface area contributed by atoms with Crippen LogP contribution in [-0.2, 0) is 0 Å². The normalized spacial score (nSPS) is 12.4. The third-order valence-electron chi connectivity index (χ3n) is 5.60. The molecule has 0 saturated carbocycles. The number of pyridine rings is 3. The monoisotopic (exact) mass is 468 g/mol. The number of aliphatic hydroxyl groups is 1. The molecule has 0 amide bonds. The molecule has 0 aliphatic carbocycles. The number of imidazole rings is 1. The van der Waals surface area contributed by atoms with Crippen LogP contribution in [0.5, 0.6) is 0 Å². The van der Waals surface area contributed by atoms with Crippen molar-refractivity contribution in [2.45, 2.75) is 19.6 Å². The molecule has 4 N–H and O–H groups in total. The van der Waals surface area contributed by atoms with Crippen LogP contribution in [0.1, 0.15) is 13.3 Å². The van der Waals surface area contributed by atoms with Gasteiger partial charge in [0.2, 0.25) is 0 Å². The number of rotatable bonds is 6. The Bertz CT molecular complexity index is 1600. The van der Waals surface area contributed by atoms with Crippen LogP contribution in [0, 0.1) is 0 Å². The molecule has 10 heteroatoms. The molecule has 0 saturated heterocycles. The van der Waals surface area contributed by atoms with Gasteiger partial charge in [0.1, 0.15) is 17.4 Å². The Morgan fingerprint density at radius 2 is 2.09 bits per heavy atom. The molecule has 9 nitrogen and oxygen atoms in total. The third-order valence-corrected chi connectivity index (χ3v) is 6.50. The largest absolute Gasteiger partial charge is 0.374 e. The quantitative estimate of drug-likeness (QED) is 0.258. The van der Waals surface area contributed by atoms with Crippen LogP contribution in [0.25, 0.3) is 55.3 Å². The van der Waals surface area contributed by atoms with Crippen LogP contribution < -0.4 is 5.32 Å². The lowest BCUT2D eigenvalue weighted by atomic mass is 10.1. The van der Waals surface area contributed by atoms with Gasteiger partial charge in [-0.2, -0.15) is 5.10 Å². The highest BCUT2D eigenvalue weighted by atomic mass is 32.1. The molecular weight excluding hydrogens is 448 g/mol. The molecule has 0 aliphatic heterocycles. The first-order valence-electron chi connectivity index (χ1n) is 10.8. The highest BCUT2D eigenvalue weighted by Gasteiger charge is 2.17. The number of aromatic nitrogens is 7. The van der Waals surface area contributed by atoms with Gasteiger partial charge in [-0.1, -0.05) is 13.0 Å². The second-order valence-electron chi connectivity index (χ2n) is 7.84. The number of thiophene rings is 1. The van der Waals surface area contributed by atoms with Gasteiger partial charge in [-0.3, -0.25) is 15.1 Å². The van der Waals surface area contributed by atoms with Gasteiger partial charge in [-0.25, -0.2) is 9.97 Å². The summed E-state index contributed by atoms with van der Waals surface area (Å²) in [7, 11) is 0. The molecule has 168 valence electrons. The lowest BCUT2D eigenvalue weighted by Crippen LogP contribution is -2.16. The van der Waals surface area contributed by atoms with E-state index in [9.17, 15) is 5.11 Å². The molecule has 6 heterocycles. The van der Waals surface area contributed by atoms with Gasteiger partial charge in [0, 0.05) is 33.8 Å². The van der Waals surface area contributed by atoms with Crippen LogP contribution >= 0.6 is 11.3 Å². The van der Waals surface area contributed by atoms with Gasteiger partial charge in [0.05, 0.1) is 29.3 Å². The fourth-order valence-electron chi connectivity index (χ4n) is 3.86. The van der Waals surface area contributed by atoms with Crippen LogP contribution in [0.3, 0.4) is 0 Å². The van der Waals surface area contributed by atoms with Crippen molar-refractivity contribution in [1.29, 1.82) is 0 Å². The van der Waals surface area contributed by atoms with Crippen molar-refractivity contribution in [3.05, 3.63) is 60.5 Å². The number of aliphatic hydroxyl groups excluding tert-OH is 1. The first-order valence-corrected chi connectivity index (χ1v) is 11.7. The van der Waals surface area contributed by atoms with E-state index in [-0.39, 0.29) is 0 Å². The highest BCUT2D eigenvalue weighted by molar-refractivity contribution is 7.13. The third kappa shape index (κ3) is 3.58. The van der Waals surface area contributed by atoms with Crippen molar-refractivity contribution in [2.24, 2.45) is 0 Å². The summed E-state index contributed by atoms with van der Waals surface area (Å²) in [6.07, 6.45) is 6.92. The molecule has 0 radical (unpaired) electrons. The van der Waals surface area contributed by atoms with E-state index in [4.69, 9.17) is 4.98 Å². The average Bonchev–Trinajstić information content (AvgIpc) is 3.62. The molecule has 6 rings (SSSR count). The predicted molar refractivity (Wildman–Crippen MR) is 133 cm³/mol. The van der Waals surface area contributed by atoms with Crippen molar-refractivity contribution < 1.29 is 5.11 Å². The number of hydrogen-bond acceptors (Lipinski definition) is 8. The van der Waals surface area contributed by atoms with Crippen molar-refractivity contribution >= 4 is 39.1 Å². The van der Waals surface area contributed by atoms with E-state index in [0.29, 0.717) is 23.6 Å². The van der Waals surface area contributed by atoms with Crippen LogP contribution in [0.15, 0.2) is 60.5 Å². The minimum atomic E-state index is -0.631. The zero-order valence-electron chi connectivity index (χ0n) is 18.1. The zero-order chi connectivity index (χ0) is 23.1. The van der Waals surface area contributed by atoms with Crippen molar-refractivity contribution in [2.75, 3.05) is 5.32 Å². The maximum Gasteiger partial charge on any atom is 0.160 e. The number of fused-ring (bicyclic) bond motifs is 2. The number of anilines is 1. The summed E-state index contributed by atoms with van der Waals surface area (Å²) < 4.78 is 0. The Hall–Kier alpha value is -4.15. The Morgan fingerprint density at radius 3 is 2.94 bits per heavy atom. The lowest BCUT2D eigenvalue weighted by molar-refractivity contribution is 0.199. The molecule has 34 heavy (non-hydrogen) atoms. The Kier molecular flexibility index (Phi) is 5.01. The first-order chi connectivity index (χ1) is 16.7. The maximum absolute atomic E-state index is 9.91. The molecule has 0 fully saturated rings. The van der Waals surface area contributed by atoms with Crippen molar-refractivity contribution in [3.8, 4) is 33.2 Å². The second-order valence-corrected chi connectivity index (χ2v) is 8.78. The Morgan fingerprint density at radius 1 is 1.15 bits per heavy atom. The molecule has 0 aromatic carbocycles. The summed E-state index contributed by atoms with van der Waals surface area (Å²) in [6.45, 7) is 1.90. The van der Waals surface area contributed by atoms with Crippen LogP contribution in [-0.4, -0.2) is 46.5 Å². The summed E-state index contributed by atoms with van der Waals surface area (Å²) in [6, 6.07) is 9.96. The topological polar surface area (TPSA) is 128 Å². The van der Waals surface area contributed by atoms with E-state index in [1.165, 1.54) is 0 Å². The molecule has 0 aliphatic rings. The maximum atomic E-state index is 9.91. The number of nitrogens with zero attached hydrogens (tertiary/aromatic N) is 5. The highest BCUT2D eigenvalue weighted by Crippen LogP contribution is 2.33. The van der Waals surface area contributed by atoms with E-state index in [0.717, 1.165) is 43.8 Å². The fourth-order valence-corrected chi connectivity index (χ4v) is 4.61. The van der Waals surface area contributed by atoms with Crippen molar-refractivity contribution in [1.82, 2.24) is 35.1 Å². The Labute approximate surface area is 198 Å². The summed E-state index contributed by atoms with van der Waals surface area (Å²) in [5.41, 5.74) is 6.35. The standard InChI is InChI=1S/C24H20N8OS/c1-2-20(33)28-14-8-13(10-25-11-14)17-9-16-18(12-27-17)31-32-22(16)24-29-21-15(19-4-3-7-34-19)5-6-26-23(21)30-24/h3-12,20,28,33H,2H2,1H3,(H,31,32)(H,26,29,30). The van der Waals surface area contributed by atoms with E-state index in [1.807, 2.05) is 36.6 Å². The van der Waals surface area contributed by atoms with Crippen molar-refractivity contribution in [3.63, 3.8) is 0 Å². The molecule has 0 spiro atoms. The minimum Gasteiger partial charge on any atom is -0.374 e. The summed E-state index contributed by atoms with van der Waals surface area (Å²) in [5, 5.41) is 23.4. The first kappa shape index (κ1) is 20.5. The zero-order valence-corrected chi connectivity index (χ0v) is 19.0. The fraction of sp³-hybridized carbons (Fsp3) is 0.125. The van der Waals surface area contributed by atoms with E-state index in [2.05, 4.69) is 41.5 Å². The van der Waals surface area contributed by atoms with E-state index >= 15 is 0 Å². The van der Waals surface area contributed by atoms with Gasteiger partial charge in [-0.15, -0.1) is 11.3 Å². The average molecular weight is 469 g/mol. The van der Waals surface area contributed by atoms with Crippen LogP contribution in [0.4, 0.5) is 5.69 Å². The number of hydrogen-bond donors (Lipinski definition) is 4. The van der Waals surface area contributed by atoms with Gasteiger partial charge >= 0.3 is 0 Å².